The molecule has 0 radical (unpaired) electrons. The van der Waals surface area contributed by atoms with Crippen LogP contribution in [0.4, 0.5) is 4.79 Å². The van der Waals surface area contributed by atoms with Crippen molar-refractivity contribution in [2.75, 3.05) is 6.54 Å². The molecule has 1 aromatic heterocycles. The summed E-state index contributed by atoms with van der Waals surface area (Å²) in [5.74, 6) is -1.02. The minimum absolute atomic E-state index is 0.172. The number of hydrogen-bond donors (Lipinski definition) is 1. The van der Waals surface area contributed by atoms with E-state index in [0.29, 0.717) is 24.5 Å². The van der Waals surface area contributed by atoms with Crippen molar-refractivity contribution in [3.8, 4) is 0 Å². The largest absolute Gasteiger partial charge is 0.478 e. The first-order chi connectivity index (χ1) is 11.1. The number of amides is 1. The van der Waals surface area contributed by atoms with Crippen LogP contribution in [-0.2, 0) is 24.4 Å². The molecule has 0 bridgehead atoms. The van der Waals surface area contributed by atoms with E-state index in [1.54, 1.807) is 11.6 Å². The first-order valence-electron chi connectivity index (χ1n) is 7.31. The third kappa shape index (κ3) is 3.03. The van der Waals surface area contributed by atoms with Gasteiger partial charge in [0.25, 0.3) is 0 Å². The lowest BCUT2D eigenvalue weighted by Crippen LogP contribution is -2.39. The molecule has 0 unspecified atom stereocenters. The summed E-state index contributed by atoms with van der Waals surface area (Å²) in [5.41, 5.74) is 2.08. The summed E-state index contributed by atoms with van der Waals surface area (Å²) >= 11 is 0. The van der Waals surface area contributed by atoms with Gasteiger partial charge in [-0.25, -0.2) is 9.59 Å². The molecular weight excluding hydrogens is 298 g/mol. The van der Waals surface area contributed by atoms with E-state index in [1.807, 2.05) is 30.3 Å². The number of fused-ring (bicyclic) bond motifs is 1. The zero-order valence-corrected chi connectivity index (χ0v) is 12.7. The molecular formula is C16H17N3O4. The van der Waals surface area contributed by atoms with Gasteiger partial charge in [0.05, 0.1) is 24.5 Å². The molecule has 7 heteroatoms. The molecule has 0 saturated carbocycles. The molecule has 0 saturated heterocycles. The van der Waals surface area contributed by atoms with Crippen LogP contribution < -0.4 is 0 Å². The molecule has 0 atom stereocenters. The molecule has 1 N–H and O–H groups in total. The quantitative estimate of drug-likeness (QED) is 0.937. The Hall–Kier alpha value is -2.83. The van der Waals surface area contributed by atoms with Gasteiger partial charge in [0, 0.05) is 6.54 Å². The minimum Gasteiger partial charge on any atom is -0.478 e. The molecule has 2 heterocycles. The molecule has 3 rings (SSSR count). The van der Waals surface area contributed by atoms with E-state index < -0.39 is 12.1 Å². The monoisotopic (exact) mass is 315 g/mol. The number of carboxylic acid groups (broad SMARTS) is 1. The Labute approximate surface area is 133 Å². The highest BCUT2D eigenvalue weighted by molar-refractivity contribution is 5.90. The molecule has 0 spiro atoms. The number of carbonyl (C=O) groups is 2. The number of carboxylic acids is 1. The Morgan fingerprint density at radius 3 is 2.70 bits per heavy atom. The van der Waals surface area contributed by atoms with Crippen LogP contribution in [-0.4, -0.2) is 38.4 Å². The van der Waals surface area contributed by atoms with Gasteiger partial charge in [-0.05, 0) is 12.5 Å². The van der Waals surface area contributed by atoms with Crippen LogP contribution in [0.5, 0.6) is 0 Å². The number of aromatic carboxylic acids is 1. The van der Waals surface area contributed by atoms with Crippen LogP contribution in [0.2, 0.25) is 0 Å². The molecule has 7 nitrogen and oxygen atoms in total. The Balaban J connectivity index is 1.69. The Kier molecular flexibility index (Phi) is 4.01. The average molecular weight is 315 g/mol. The fraction of sp³-hybridized carbons (Fsp3) is 0.312. The molecule has 0 fully saturated rings. The summed E-state index contributed by atoms with van der Waals surface area (Å²) < 4.78 is 6.95. The van der Waals surface area contributed by atoms with Crippen LogP contribution in [0.3, 0.4) is 0 Å². The zero-order chi connectivity index (χ0) is 16.4. The first kappa shape index (κ1) is 15.1. The highest BCUT2D eigenvalue weighted by Gasteiger charge is 2.29. The molecule has 1 aromatic carbocycles. The fourth-order valence-electron chi connectivity index (χ4n) is 2.69. The third-order valence-corrected chi connectivity index (χ3v) is 3.83. The summed E-state index contributed by atoms with van der Waals surface area (Å²) in [6, 6.07) is 9.41. The molecule has 23 heavy (non-hydrogen) atoms. The van der Waals surface area contributed by atoms with E-state index in [9.17, 15) is 14.7 Å². The topological polar surface area (TPSA) is 84.7 Å². The molecule has 1 aliphatic rings. The van der Waals surface area contributed by atoms with Crippen LogP contribution in [0.25, 0.3) is 0 Å². The maximum absolute atomic E-state index is 12.2. The van der Waals surface area contributed by atoms with Gasteiger partial charge in [-0.15, -0.1) is 0 Å². The van der Waals surface area contributed by atoms with E-state index in [2.05, 4.69) is 5.10 Å². The van der Waals surface area contributed by atoms with Gasteiger partial charge in [0.1, 0.15) is 12.2 Å². The summed E-state index contributed by atoms with van der Waals surface area (Å²) in [6.45, 7) is 2.95. The number of hydrogen-bond acceptors (Lipinski definition) is 4. The van der Waals surface area contributed by atoms with Gasteiger partial charge in [0.15, 0.2) is 0 Å². The molecule has 1 amide bonds. The number of benzene rings is 1. The highest BCUT2D eigenvalue weighted by atomic mass is 16.6. The first-order valence-corrected chi connectivity index (χ1v) is 7.31. The standard InChI is InChI=1S/C16H17N3O4/c1-11-14(15(20)21)13-9-18(7-8-19(13)17-11)16(22)23-10-12-5-3-2-4-6-12/h2-6H,7-10H2,1H3,(H,20,21). The van der Waals surface area contributed by atoms with E-state index >= 15 is 0 Å². The fourth-order valence-corrected chi connectivity index (χ4v) is 2.69. The van der Waals surface area contributed by atoms with Crippen molar-refractivity contribution in [2.45, 2.75) is 26.6 Å². The van der Waals surface area contributed by atoms with Gasteiger partial charge < -0.3 is 14.7 Å². The smallest absolute Gasteiger partial charge is 0.410 e. The number of rotatable bonds is 3. The van der Waals surface area contributed by atoms with Crippen LogP contribution in [0.15, 0.2) is 30.3 Å². The minimum atomic E-state index is -1.02. The second kappa shape index (κ2) is 6.12. The predicted octanol–water partition coefficient (Wildman–Crippen LogP) is 2.04. The molecule has 2 aromatic rings. The van der Waals surface area contributed by atoms with Gasteiger partial charge in [-0.3, -0.25) is 4.68 Å². The van der Waals surface area contributed by atoms with Gasteiger partial charge >= 0.3 is 12.1 Å². The number of ether oxygens (including phenoxy) is 1. The van der Waals surface area contributed by atoms with Crippen molar-refractivity contribution in [1.82, 2.24) is 14.7 Å². The Morgan fingerprint density at radius 1 is 1.26 bits per heavy atom. The second-order valence-corrected chi connectivity index (χ2v) is 5.40. The summed E-state index contributed by atoms with van der Waals surface area (Å²) in [4.78, 5) is 25.1. The third-order valence-electron chi connectivity index (χ3n) is 3.83. The van der Waals surface area contributed by atoms with Gasteiger partial charge in [-0.1, -0.05) is 30.3 Å². The maximum Gasteiger partial charge on any atom is 0.410 e. The molecule has 0 aliphatic carbocycles. The molecule has 120 valence electrons. The van der Waals surface area contributed by atoms with Crippen molar-refractivity contribution in [2.24, 2.45) is 0 Å². The lowest BCUT2D eigenvalue weighted by atomic mass is 10.1. The van der Waals surface area contributed by atoms with Crippen molar-refractivity contribution in [3.05, 3.63) is 52.8 Å². The zero-order valence-electron chi connectivity index (χ0n) is 12.7. The lowest BCUT2D eigenvalue weighted by Gasteiger charge is -2.27. The number of carbonyl (C=O) groups excluding carboxylic acids is 1. The van der Waals surface area contributed by atoms with Crippen molar-refractivity contribution < 1.29 is 19.4 Å². The number of aromatic nitrogens is 2. The van der Waals surface area contributed by atoms with Crippen LogP contribution in [0.1, 0.15) is 27.3 Å². The SMILES string of the molecule is Cc1nn2c(c1C(=O)O)CN(C(=O)OCc1ccccc1)CC2. The van der Waals surface area contributed by atoms with Gasteiger partial charge in [-0.2, -0.15) is 5.10 Å². The number of nitrogens with zero attached hydrogens (tertiary/aromatic N) is 3. The van der Waals surface area contributed by atoms with Crippen LogP contribution >= 0.6 is 0 Å². The number of aryl methyl sites for hydroxylation is 1. The normalized spacial score (nSPS) is 13.5. The van der Waals surface area contributed by atoms with E-state index in [1.165, 1.54) is 4.90 Å². The van der Waals surface area contributed by atoms with Gasteiger partial charge in [0.2, 0.25) is 0 Å². The predicted molar refractivity (Wildman–Crippen MR) is 81.0 cm³/mol. The maximum atomic E-state index is 12.2. The lowest BCUT2D eigenvalue weighted by molar-refractivity contribution is 0.0683. The molecule has 1 aliphatic heterocycles. The summed E-state index contributed by atoms with van der Waals surface area (Å²) in [6.07, 6.45) is -0.449. The van der Waals surface area contributed by atoms with Crippen molar-refractivity contribution in [3.63, 3.8) is 0 Å². The van der Waals surface area contributed by atoms with E-state index in [0.717, 1.165) is 5.56 Å². The second-order valence-electron chi connectivity index (χ2n) is 5.40. The Morgan fingerprint density at radius 2 is 2.00 bits per heavy atom. The highest BCUT2D eigenvalue weighted by Crippen LogP contribution is 2.20. The summed E-state index contributed by atoms with van der Waals surface area (Å²) in [7, 11) is 0. The van der Waals surface area contributed by atoms with E-state index in [-0.39, 0.29) is 18.7 Å². The van der Waals surface area contributed by atoms with E-state index in [4.69, 9.17) is 4.74 Å². The summed E-state index contributed by atoms with van der Waals surface area (Å²) in [5, 5.41) is 13.5. The Bertz CT molecular complexity index is 739. The average Bonchev–Trinajstić information content (AvgIpc) is 2.88. The van der Waals surface area contributed by atoms with Crippen molar-refractivity contribution in [1.29, 1.82) is 0 Å². The van der Waals surface area contributed by atoms with Crippen LogP contribution in [0, 0.1) is 6.92 Å². The van der Waals surface area contributed by atoms with Crippen molar-refractivity contribution >= 4 is 12.1 Å².